The van der Waals surface area contributed by atoms with Crippen molar-refractivity contribution < 1.29 is 17.9 Å². The molecule has 0 amide bonds. The molecule has 3 rings (SSSR count). The summed E-state index contributed by atoms with van der Waals surface area (Å²) >= 11 is 6.14. The van der Waals surface area contributed by atoms with Crippen molar-refractivity contribution in [3.63, 3.8) is 0 Å². The van der Waals surface area contributed by atoms with Gasteiger partial charge >= 0.3 is 0 Å². The summed E-state index contributed by atoms with van der Waals surface area (Å²) in [5.41, 5.74) is 0. The molecule has 2 heterocycles. The second kappa shape index (κ2) is 7.66. The zero-order valence-electron chi connectivity index (χ0n) is 13.5. The van der Waals surface area contributed by atoms with Gasteiger partial charge < -0.3 is 14.8 Å². The maximum Gasteiger partial charge on any atom is 0.242 e. The summed E-state index contributed by atoms with van der Waals surface area (Å²) in [4.78, 5) is 0.0164. The molecule has 136 valence electrons. The standard InChI is InChI=1S/C15H21ClN2O4S.ClH/c1-21-13-7-12(16)15(8-14(13)22-2)23(19,20)18-11-5-9-3-4-10(6-11)17-9;/h7-11,17-18H,3-6H2,1-2H3;1H. The lowest BCUT2D eigenvalue weighted by atomic mass is 10.0. The van der Waals surface area contributed by atoms with Crippen LogP contribution in [0.2, 0.25) is 5.02 Å². The zero-order chi connectivity index (χ0) is 16.6. The van der Waals surface area contributed by atoms with Gasteiger partial charge in [-0.1, -0.05) is 11.6 Å². The van der Waals surface area contributed by atoms with Crippen LogP contribution < -0.4 is 19.5 Å². The van der Waals surface area contributed by atoms with Gasteiger partial charge in [0, 0.05) is 30.3 Å². The van der Waals surface area contributed by atoms with E-state index in [1.54, 1.807) is 0 Å². The van der Waals surface area contributed by atoms with Crippen LogP contribution in [0.25, 0.3) is 0 Å². The van der Waals surface area contributed by atoms with E-state index in [9.17, 15) is 8.42 Å². The Bertz CT molecular complexity index is 687. The van der Waals surface area contributed by atoms with E-state index in [1.807, 2.05) is 0 Å². The molecule has 6 nitrogen and oxygen atoms in total. The number of piperidine rings is 1. The van der Waals surface area contributed by atoms with Gasteiger partial charge in [0.15, 0.2) is 11.5 Å². The first-order valence-corrected chi connectivity index (χ1v) is 9.49. The first-order chi connectivity index (χ1) is 10.9. The minimum absolute atomic E-state index is 0. The number of hydrogen-bond donors (Lipinski definition) is 2. The van der Waals surface area contributed by atoms with Crippen molar-refractivity contribution in [2.45, 2.75) is 48.7 Å². The Morgan fingerprint density at radius 1 is 1.12 bits per heavy atom. The van der Waals surface area contributed by atoms with Gasteiger partial charge in [0.1, 0.15) is 4.90 Å². The highest BCUT2D eigenvalue weighted by atomic mass is 35.5. The number of methoxy groups -OCH3 is 2. The molecule has 2 aliphatic heterocycles. The van der Waals surface area contributed by atoms with Crippen LogP contribution in [0.4, 0.5) is 0 Å². The van der Waals surface area contributed by atoms with Crippen LogP contribution in [0.15, 0.2) is 17.0 Å². The Kier molecular flexibility index (Phi) is 6.25. The third kappa shape index (κ3) is 3.91. The molecule has 1 aromatic rings. The first kappa shape index (κ1) is 19.6. The number of sulfonamides is 1. The molecule has 2 unspecified atom stereocenters. The molecule has 9 heteroatoms. The highest BCUT2D eigenvalue weighted by molar-refractivity contribution is 7.89. The fraction of sp³-hybridized carbons (Fsp3) is 0.600. The molecule has 24 heavy (non-hydrogen) atoms. The summed E-state index contributed by atoms with van der Waals surface area (Å²) in [6.07, 6.45) is 3.83. The highest BCUT2D eigenvalue weighted by Crippen LogP contribution is 2.36. The molecule has 2 N–H and O–H groups in total. The van der Waals surface area contributed by atoms with Gasteiger partial charge in [-0.3, -0.25) is 0 Å². The van der Waals surface area contributed by atoms with E-state index in [4.69, 9.17) is 21.1 Å². The Morgan fingerprint density at radius 3 is 2.21 bits per heavy atom. The number of benzene rings is 1. The van der Waals surface area contributed by atoms with E-state index in [0.717, 1.165) is 25.7 Å². The van der Waals surface area contributed by atoms with E-state index in [2.05, 4.69) is 10.0 Å². The quantitative estimate of drug-likeness (QED) is 0.798. The van der Waals surface area contributed by atoms with Gasteiger partial charge in [0.05, 0.1) is 19.2 Å². The molecule has 2 aliphatic rings. The van der Waals surface area contributed by atoms with Crippen LogP contribution in [-0.4, -0.2) is 40.8 Å². The van der Waals surface area contributed by atoms with E-state index in [-0.39, 0.29) is 28.4 Å². The van der Waals surface area contributed by atoms with Gasteiger partial charge in [-0.05, 0) is 25.7 Å². The number of hydrogen-bond acceptors (Lipinski definition) is 5. The van der Waals surface area contributed by atoms with Crippen LogP contribution in [-0.2, 0) is 10.0 Å². The smallest absolute Gasteiger partial charge is 0.242 e. The molecule has 2 bridgehead atoms. The van der Waals surface area contributed by atoms with Crippen molar-refractivity contribution >= 4 is 34.0 Å². The summed E-state index contributed by atoms with van der Waals surface area (Å²) in [5, 5.41) is 3.61. The van der Waals surface area contributed by atoms with Gasteiger partial charge in [-0.25, -0.2) is 13.1 Å². The van der Waals surface area contributed by atoms with Crippen molar-refractivity contribution in [2.24, 2.45) is 0 Å². The minimum Gasteiger partial charge on any atom is -0.493 e. The minimum atomic E-state index is -3.71. The Balaban J connectivity index is 0.00000208. The Labute approximate surface area is 153 Å². The van der Waals surface area contributed by atoms with Crippen LogP contribution >= 0.6 is 24.0 Å². The van der Waals surface area contributed by atoms with Gasteiger partial charge in [-0.2, -0.15) is 0 Å². The molecule has 2 saturated heterocycles. The molecule has 2 fully saturated rings. The van der Waals surface area contributed by atoms with Crippen molar-refractivity contribution in [2.75, 3.05) is 14.2 Å². The average molecular weight is 397 g/mol. The topological polar surface area (TPSA) is 76.7 Å². The zero-order valence-corrected chi connectivity index (χ0v) is 15.9. The number of nitrogens with one attached hydrogen (secondary N) is 2. The average Bonchev–Trinajstić information content (AvgIpc) is 2.85. The summed E-state index contributed by atoms with van der Waals surface area (Å²) in [6, 6.07) is 3.60. The number of ether oxygens (including phenoxy) is 2. The molecular formula is C15H22Cl2N2O4S. The molecule has 0 aliphatic carbocycles. The monoisotopic (exact) mass is 396 g/mol. The van der Waals surface area contributed by atoms with Gasteiger partial charge in [0.25, 0.3) is 0 Å². The van der Waals surface area contributed by atoms with Gasteiger partial charge in [0.2, 0.25) is 10.0 Å². The number of fused-ring (bicyclic) bond motifs is 2. The van der Waals surface area contributed by atoms with Crippen molar-refractivity contribution in [1.82, 2.24) is 10.0 Å². The fourth-order valence-electron chi connectivity index (χ4n) is 3.48. The number of rotatable bonds is 5. The lowest BCUT2D eigenvalue weighted by molar-refractivity contribution is 0.344. The molecular weight excluding hydrogens is 375 g/mol. The molecule has 0 radical (unpaired) electrons. The summed E-state index contributed by atoms with van der Waals surface area (Å²) in [7, 11) is -0.776. The third-order valence-corrected chi connectivity index (χ3v) is 6.51. The molecule has 1 aromatic carbocycles. The maximum absolute atomic E-state index is 12.7. The summed E-state index contributed by atoms with van der Waals surface area (Å²) in [5.74, 6) is 0.735. The van der Waals surface area contributed by atoms with E-state index >= 15 is 0 Å². The SMILES string of the molecule is COc1cc(Cl)c(S(=O)(=O)NC2CC3CCC(C2)N3)cc1OC.Cl. The Hall–Kier alpha value is -0.730. The normalized spacial score (nSPS) is 25.9. The van der Waals surface area contributed by atoms with Crippen LogP contribution in [0, 0.1) is 0 Å². The van der Waals surface area contributed by atoms with Crippen molar-refractivity contribution in [3.8, 4) is 11.5 Å². The van der Waals surface area contributed by atoms with E-state index < -0.39 is 10.0 Å². The van der Waals surface area contributed by atoms with Gasteiger partial charge in [-0.15, -0.1) is 12.4 Å². The molecule has 0 saturated carbocycles. The fourth-order valence-corrected chi connectivity index (χ4v) is 5.27. The van der Waals surface area contributed by atoms with Crippen LogP contribution in [0.3, 0.4) is 0 Å². The van der Waals surface area contributed by atoms with Crippen molar-refractivity contribution in [1.29, 1.82) is 0 Å². The lowest BCUT2D eigenvalue weighted by Gasteiger charge is -2.29. The number of halogens is 2. The highest BCUT2D eigenvalue weighted by Gasteiger charge is 2.36. The van der Waals surface area contributed by atoms with E-state index in [1.165, 1.54) is 26.4 Å². The third-order valence-electron chi connectivity index (χ3n) is 4.52. The Morgan fingerprint density at radius 2 is 1.67 bits per heavy atom. The molecule has 0 spiro atoms. The largest absolute Gasteiger partial charge is 0.493 e. The van der Waals surface area contributed by atoms with Crippen LogP contribution in [0.1, 0.15) is 25.7 Å². The van der Waals surface area contributed by atoms with E-state index in [0.29, 0.717) is 23.6 Å². The summed E-state index contributed by atoms with van der Waals surface area (Å²) < 4.78 is 38.5. The van der Waals surface area contributed by atoms with Crippen molar-refractivity contribution in [3.05, 3.63) is 17.2 Å². The second-order valence-corrected chi connectivity index (χ2v) is 8.15. The maximum atomic E-state index is 12.7. The predicted molar refractivity (Wildman–Crippen MR) is 95.1 cm³/mol. The second-order valence-electron chi connectivity index (χ2n) is 6.07. The predicted octanol–water partition coefficient (Wildman–Crippen LogP) is 2.34. The lowest BCUT2D eigenvalue weighted by Crippen LogP contribution is -2.47. The molecule has 0 aromatic heterocycles. The summed E-state index contributed by atoms with van der Waals surface area (Å²) in [6.45, 7) is 0. The molecule has 2 atom stereocenters. The van der Waals surface area contributed by atoms with Crippen LogP contribution in [0.5, 0.6) is 11.5 Å². The first-order valence-electron chi connectivity index (χ1n) is 7.63.